The number of benzene rings is 1. The molecule has 2 nitrogen and oxygen atoms in total. The predicted octanol–water partition coefficient (Wildman–Crippen LogP) is 5.40. The van der Waals surface area contributed by atoms with Gasteiger partial charge in [0, 0.05) is 0 Å². The maximum Gasteiger partial charge on any atom is 0.416 e. The van der Waals surface area contributed by atoms with E-state index >= 15 is 0 Å². The first-order valence-electron chi connectivity index (χ1n) is 7.69. The van der Waals surface area contributed by atoms with E-state index < -0.39 is 17.3 Å². The van der Waals surface area contributed by atoms with Crippen LogP contribution in [-0.4, -0.2) is 11.4 Å². The van der Waals surface area contributed by atoms with Crippen molar-refractivity contribution >= 4 is 5.78 Å². The van der Waals surface area contributed by atoms with Gasteiger partial charge >= 0.3 is 6.18 Å². The van der Waals surface area contributed by atoms with Crippen LogP contribution >= 0.6 is 0 Å². The number of hydrogen-bond acceptors (Lipinski definition) is 2. The molecule has 0 saturated carbocycles. The average molecular weight is 314 g/mol. The molecule has 0 saturated heterocycles. The fourth-order valence-electron chi connectivity index (χ4n) is 2.82. The molecule has 0 aromatic heterocycles. The lowest BCUT2D eigenvalue weighted by atomic mass is 9.87. The van der Waals surface area contributed by atoms with Crippen molar-refractivity contribution in [3.63, 3.8) is 0 Å². The van der Waals surface area contributed by atoms with E-state index in [1.54, 1.807) is 6.92 Å². The molecular weight excluding hydrogens is 293 g/mol. The molecule has 2 rings (SSSR count). The van der Waals surface area contributed by atoms with Crippen LogP contribution in [0.2, 0.25) is 0 Å². The third-order valence-electron chi connectivity index (χ3n) is 4.06. The van der Waals surface area contributed by atoms with Crippen molar-refractivity contribution in [2.45, 2.75) is 64.1 Å². The Hall–Kier alpha value is -1.52. The lowest BCUT2D eigenvalue weighted by molar-refractivity contribution is -0.137. The normalized spacial score (nSPS) is 21.4. The van der Waals surface area contributed by atoms with Crippen molar-refractivity contribution in [1.29, 1.82) is 0 Å². The van der Waals surface area contributed by atoms with E-state index in [9.17, 15) is 18.0 Å². The fourth-order valence-corrected chi connectivity index (χ4v) is 2.82. The van der Waals surface area contributed by atoms with E-state index in [0.717, 1.165) is 37.8 Å². The SMILES string of the molecule is CCCCCCC1(C)CC(=O)c2ccc(C(F)(F)F)cc2O1. The molecule has 1 unspecified atom stereocenters. The number of carbonyl (C=O) groups is 1. The fraction of sp³-hybridized carbons (Fsp3) is 0.588. The predicted molar refractivity (Wildman–Crippen MR) is 78.2 cm³/mol. The molecule has 0 radical (unpaired) electrons. The smallest absolute Gasteiger partial charge is 0.416 e. The number of alkyl halides is 3. The number of halogens is 3. The Balaban J connectivity index is 2.18. The number of fused-ring (bicyclic) bond motifs is 1. The van der Waals surface area contributed by atoms with Gasteiger partial charge in [-0.2, -0.15) is 13.2 Å². The van der Waals surface area contributed by atoms with Gasteiger partial charge in [0.15, 0.2) is 5.78 Å². The summed E-state index contributed by atoms with van der Waals surface area (Å²) in [5.74, 6) is -0.0861. The van der Waals surface area contributed by atoms with Crippen molar-refractivity contribution in [2.75, 3.05) is 0 Å². The minimum atomic E-state index is -4.43. The highest BCUT2D eigenvalue weighted by molar-refractivity contribution is 6.00. The Morgan fingerprint density at radius 2 is 1.95 bits per heavy atom. The van der Waals surface area contributed by atoms with E-state index in [2.05, 4.69) is 6.92 Å². The molecule has 1 atom stereocenters. The molecule has 0 bridgehead atoms. The van der Waals surface area contributed by atoms with Gasteiger partial charge in [0.2, 0.25) is 0 Å². The molecule has 0 fully saturated rings. The van der Waals surface area contributed by atoms with Gasteiger partial charge in [-0.25, -0.2) is 0 Å². The van der Waals surface area contributed by atoms with Crippen LogP contribution in [0, 0.1) is 0 Å². The van der Waals surface area contributed by atoms with Gasteiger partial charge in [0.1, 0.15) is 11.4 Å². The monoisotopic (exact) mass is 314 g/mol. The minimum Gasteiger partial charge on any atom is -0.486 e. The van der Waals surface area contributed by atoms with E-state index in [0.29, 0.717) is 6.42 Å². The average Bonchev–Trinajstić information content (AvgIpc) is 2.42. The van der Waals surface area contributed by atoms with Gasteiger partial charge < -0.3 is 4.74 Å². The number of unbranched alkanes of at least 4 members (excludes halogenated alkanes) is 3. The summed E-state index contributed by atoms with van der Waals surface area (Å²) in [6.07, 6.45) is 0.625. The van der Waals surface area contributed by atoms with Crippen molar-refractivity contribution in [2.24, 2.45) is 0 Å². The molecule has 0 spiro atoms. The molecular formula is C17H21F3O2. The van der Waals surface area contributed by atoms with Gasteiger partial charge in [-0.15, -0.1) is 0 Å². The molecule has 5 heteroatoms. The van der Waals surface area contributed by atoms with Crippen LogP contribution < -0.4 is 4.74 Å². The Morgan fingerprint density at radius 3 is 2.59 bits per heavy atom. The lowest BCUT2D eigenvalue weighted by Gasteiger charge is -2.35. The Bertz CT molecular complexity index is 551. The van der Waals surface area contributed by atoms with E-state index in [1.807, 2.05) is 0 Å². The second-order valence-corrected chi connectivity index (χ2v) is 6.17. The highest BCUT2D eigenvalue weighted by atomic mass is 19.4. The largest absolute Gasteiger partial charge is 0.486 e. The summed E-state index contributed by atoms with van der Waals surface area (Å²) in [5.41, 5.74) is -1.24. The number of ether oxygens (including phenoxy) is 1. The molecule has 0 amide bonds. The van der Waals surface area contributed by atoms with Crippen LogP contribution in [0.4, 0.5) is 13.2 Å². The first kappa shape index (κ1) is 16.8. The second-order valence-electron chi connectivity index (χ2n) is 6.17. The molecule has 122 valence electrons. The number of carbonyl (C=O) groups excluding carboxylic acids is 1. The number of ketones is 1. The zero-order valence-corrected chi connectivity index (χ0v) is 12.9. The van der Waals surface area contributed by atoms with Gasteiger partial charge in [0.05, 0.1) is 17.5 Å². The molecule has 22 heavy (non-hydrogen) atoms. The Labute approximate surface area is 128 Å². The number of rotatable bonds is 5. The number of hydrogen-bond donors (Lipinski definition) is 0. The van der Waals surface area contributed by atoms with Crippen LogP contribution in [0.15, 0.2) is 18.2 Å². The first-order chi connectivity index (χ1) is 10.2. The zero-order valence-electron chi connectivity index (χ0n) is 12.9. The molecule has 1 aromatic carbocycles. The summed E-state index contributed by atoms with van der Waals surface area (Å²) in [4.78, 5) is 12.2. The summed E-state index contributed by atoms with van der Waals surface area (Å²) in [5, 5.41) is 0. The molecule has 1 aromatic rings. The second kappa shape index (κ2) is 6.31. The Kier molecular flexibility index (Phi) is 4.83. The first-order valence-corrected chi connectivity index (χ1v) is 7.69. The maximum absolute atomic E-state index is 12.8. The van der Waals surface area contributed by atoms with Crippen LogP contribution in [0.1, 0.15) is 68.3 Å². The third kappa shape index (κ3) is 3.81. The zero-order chi connectivity index (χ0) is 16.4. The summed E-state index contributed by atoms with van der Waals surface area (Å²) >= 11 is 0. The Morgan fingerprint density at radius 1 is 1.23 bits per heavy atom. The summed E-state index contributed by atoms with van der Waals surface area (Å²) < 4.78 is 44.2. The molecule has 1 heterocycles. The molecule has 1 aliphatic rings. The summed E-state index contributed by atoms with van der Waals surface area (Å²) in [6.45, 7) is 3.91. The van der Waals surface area contributed by atoms with Crippen molar-refractivity contribution < 1.29 is 22.7 Å². The maximum atomic E-state index is 12.8. The van der Waals surface area contributed by atoms with Gasteiger partial charge in [-0.3, -0.25) is 4.79 Å². The van der Waals surface area contributed by atoms with E-state index in [1.165, 1.54) is 6.07 Å². The minimum absolute atomic E-state index is 0.0593. The third-order valence-corrected chi connectivity index (χ3v) is 4.06. The van der Waals surface area contributed by atoms with Crippen molar-refractivity contribution in [3.8, 4) is 5.75 Å². The highest BCUT2D eigenvalue weighted by Crippen LogP contribution is 2.39. The topological polar surface area (TPSA) is 26.3 Å². The highest BCUT2D eigenvalue weighted by Gasteiger charge is 2.38. The van der Waals surface area contributed by atoms with Gasteiger partial charge in [0.25, 0.3) is 0 Å². The van der Waals surface area contributed by atoms with Crippen molar-refractivity contribution in [3.05, 3.63) is 29.3 Å². The molecule has 1 aliphatic heterocycles. The van der Waals surface area contributed by atoms with Crippen LogP contribution in [0.25, 0.3) is 0 Å². The van der Waals surface area contributed by atoms with Gasteiger partial charge in [-0.1, -0.05) is 26.2 Å². The van der Waals surface area contributed by atoms with E-state index in [4.69, 9.17) is 4.74 Å². The standard InChI is InChI=1S/C17H21F3O2/c1-3-4-5-6-9-16(2)11-14(21)13-8-7-12(17(18,19)20)10-15(13)22-16/h7-8,10H,3-6,9,11H2,1-2H3. The summed E-state index contributed by atoms with van der Waals surface area (Å²) in [6, 6.07) is 3.10. The van der Waals surface area contributed by atoms with Crippen LogP contribution in [0.5, 0.6) is 5.75 Å². The van der Waals surface area contributed by atoms with Crippen molar-refractivity contribution in [1.82, 2.24) is 0 Å². The van der Waals surface area contributed by atoms with Crippen LogP contribution in [0.3, 0.4) is 0 Å². The quantitative estimate of drug-likeness (QED) is 0.680. The summed E-state index contributed by atoms with van der Waals surface area (Å²) in [7, 11) is 0. The lowest BCUT2D eigenvalue weighted by Crippen LogP contribution is -2.39. The molecule has 0 aliphatic carbocycles. The number of Topliss-reactive ketones (excluding diaryl/α,β-unsaturated/α-hetero) is 1. The molecule has 0 N–H and O–H groups in total. The van der Waals surface area contributed by atoms with E-state index in [-0.39, 0.29) is 23.5 Å². The van der Waals surface area contributed by atoms with Gasteiger partial charge in [-0.05, 0) is 38.0 Å². The van der Waals surface area contributed by atoms with Crippen LogP contribution in [-0.2, 0) is 6.18 Å².